The minimum atomic E-state index is -0.657. The van der Waals surface area contributed by atoms with Crippen molar-refractivity contribution in [1.29, 1.82) is 0 Å². The van der Waals surface area contributed by atoms with Crippen LogP contribution in [0.2, 0.25) is 0 Å². The van der Waals surface area contributed by atoms with Gasteiger partial charge >= 0.3 is 0 Å². The van der Waals surface area contributed by atoms with Crippen LogP contribution < -0.4 is 15.4 Å². The average Bonchev–Trinajstić information content (AvgIpc) is 2.64. The van der Waals surface area contributed by atoms with Gasteiger partial charge < -0.3 is 25.2 Å². The zero-order valence-corrected chi connectivity index (χ0v) is 16.9. The molecular formula is C20H34FN3O3. The fourth-order valence-corrected chi connectivity index (χ4v) is 2.23. The van der Waals surface area contributed by atoms with Crippen LogP contribution in [0.1, 0.15) is 34.1 Å². The van der Waals surface area contributed by atoms with Gasteiger partial charge in [0.2, 0.25) is 0 Å². The number of aliphatic hydroxyl groups excluding tert-OH is 1. The van der Waals surface area contributed by atoms with Crippen LogP contribution in [0.15, 0.2) is 29.3 Å². The smallest absolute Gasteiger partial charge is 0.191 e. The Hall–Kier alpha value is -1.86. The molecule has 0 heterocycles. The molecule has 7 heteroatoms. The van der Waals surface area contributed by atoms with Gasteiger partial charge in [0, 0.05) is 13.2 Å². The van der Waals surface area contributed by atoms with E-state index in [0.29, 0.717) is 38.0 Å². The molecule has 0 amide bonds. The molecule has 1 aromatic carbocycles. The first kappa shape index (κ1) is 23.2. The van der Waals surface area contributed by atoms with Crippen LogP contribution in [0, 0.1) is 11.7 Å². The highest BCUT2D eigenvalue weighted by Gasteiger charge is 2.12. The van der Waals surface area contributed by atoms with Crippen LogP contribution in [0.3, 0.4) is 0 Å². The number of aliphatic hydroxyl groups is 1. The third-order valence-electron chi connectivity index (χ3n) is 3.65. The molecule has 0 spiro atoms. The highest BCUT2D eigenvalue weighted by atomic mass is 19.1. The van der Waals surface area contributed by atoms with E-state index in [-0.39, 0.29) is 30.8 Å². The van der Waals surface area contributed by atoms with Gasteiger partial charge in [-0.3, -0.25) is 4.99 Å². The van der Waals surface area contributed by atoms with Crippen molar-refractivity contribution < 1.29 is 19.0 Å². The summed E-state index contributed by atoms with van der Waals surface area (Å²) in [5.74, 6) is 0.878. The minimum absolute atomic E-state index is 0.204. The van der Waals surface area contributed by atoms with Gasteiger partial charge in [-0.2, -0.15) is 0 Å². The van der Waals surface area contributed by atoms with E-state index in [4.69, 9.17) is 9.47 Å². The molecule has 0 saturated carbocycles. The molecule has 0 bridgehead atoms. The Morgan fingerprint density at radius 2 is 1.93 bits per heavy atom. The average molecular weight is 384 g/mol. The number of aliphatic imine (C=N–C) groups is 1. The van der Waals surface area contributed by atoms with Crippen molar-refractivity contribution in [3.8, 4) is 5.75 Å². The lowest BCUT2D eigenvalue weighted by Gasteiger charge is -2.20. The van der Waals surface area contributed by atoms with Gasteiger partial charge in [0.25, 0.3) is 0 Å². The molecular weight excluding hydrogens is 349 g/mol. The lowest BCUT2D eigenvalue weighted by atomic mass is 10.2. The maximum absolute atomic E-state index is 13.7. The van der Waals surface area contributed by atoms with Crippen LogP contribution in [0.25, 0.3) is 0 Å². The summed E-state index contributed by atoms with van der Waals surface area (Å²) in [7, 11) is 0. The zero-order valence-electron chi connectivity index (χ0n) is 16.9. The van der Waals surface area contributed by atoms with E-state index in [2.05, 4.69) is 29.5 Å². The van der Waals surface area contributed by atoms with Gasteiger partial charge in [-0.1, -0.05) is 32.9 Å². The number of hydrogen-bond donors (Lipinski definition) is 3. The van der Waals surface area contributed by atoms with Crippen molar-refractivity contribution in [2.24, 2.45) is 10.9 Å². The van der Waals surface area contributed by atoms with E-state index in [1.807, 2.05) is 13.8 Å². The molecule has 0 aliphatic heterocycles. The molecule has 0 aliphatic rings. The highest BCUT2D eigenvalue weighted by molar-refractivity contribution is 5.79. The van der Waals surface area contributed by atoms with Crippen molar-refractivity contribution in [3.63, 3.8) is 0 Å². The fraction of sp³-hybridized carbons (Fsp3) is 0.650. The Labute approximate surface area is 162 Å². The zero-order chi connectivity index (χ0) is 20.1. The largest absolute Gasteiger partial charge is 0.486 e. The Balaban J connectivity index is 2.50. The predicted octanol–water partition coefficient (Wildman–Crippen LogP) is 2.57. The number of halogens is 1. The monoisotopic (exact) mass is 383 g/mol. The topological polar surface area (TPSA) is 75.1 Å². The number of benzene rings is 1. The van der Waals surface area contributed by atoms with Crippen LogP contribution in [0.5, 0.6) is 5.75 Å². The maximum Gasteiger partial charge on any atom is 0.191 e. The second-order valence-corrected chi connectivity index (χ2v) is 6.76. The van der Waals surface area contributed by atoms with Crippen molar-refractivity contribution >= 4 is 5.96 Å². The fourth-order valence-electron chi connectivity index (χ4n) is 2.23. The molecule has 154 valence electrons. The molecule has 0 radical (unpaired) electrons. The van der Waals surface area contributed by atoms with Crippen molar-refractivity contribution in [3.05, 3.63) is 30.1 Å². The van der Waals surface area contributed by atoms with E-state index in [0.717, 1.165) is 0 Å². The molecule has 27 heavy (non-hydrogen) atoms. The molecule has 3 N–H and O–H groups in total. The van der Waals surface area contributed by atoms with Gasteiger partial charge in [0.05, 0.1) is 25.8 Å². The van der Waals surface area contributed by atoms with Crippen LogP contribution in [-0.4, -0.2) is 56.1 Å². The lowest BCUT2D eigenvalue weighted by Crippen LogP contribution is -2.43. The Bertz CT molecular complexity index is 555. The van der Waals surface area contributed by atoms with E-state index in [1.54, 1.807) is 18.2 Å². The van der Waals surface area contributed by atoms with E-state index >= 15 is 0 Å². The lowest BCUT2D eigenvalue weighted by molar-refractivity contribution is 0.0301. The summed E-state index contributed by atoms with van der Waals surface area (Å²) in [4.78, 5) is 4.38. The first-order chi connectivity index (χ1) is 13.0. The number of nitrogens with one attached hydrogen (secondary N) is 2. The van der Waals surface area contributed by atoms with Crippen LogP contribution >= 0.6 is 0 Å². The SMILES string of the molecule is CCNC(=NCC(O)COCC(C)C)NCC(CC)Oc1ccccc1F. The molecule has 1 aromatic rings. The predicted molar refractivity (Wildman–Crippen MR) is 107 cm³/mol. The van der Waals surface area contributed by atoms with E-state index in [9.17, 15) is 9.50 Å². The normalized spacial score (nSPS) is 14.1. The first-order valence-electron chi connectivity index (χ1n) is 9.65. The maximum atomic E-state index is 13.7. The number of hydrogen-bond acceptors (Lipinski definition) is 4. The van der Waals surface area contributed by atoms with Gasteiger partial charge in [-0.05, 0) is 31.4 Å². The van der Waals surface area contributed by atoms with Gasteiger partial charge in [-0.25, -0.2) is 4.39 Å². The number of para-hydroxylation sites is 1. The molecule has 2 unspecified atom stereocenters. The molecule has 0 saturated heterocycles. The molecule has 0 aromatic heterocycles. The number of rotatable bonds is 12. The Morgan fingerprint density at radius 1 is 1.19 bits per heavy atom. The summed E-state index contributed by atoms with van der Waals surface area (Å²) in [6.45, 7) is 10.3. The quantitative estimate of drug-likeness (QED) is 0.382. The third-order valence-corrected chi connectivity index (χ3v) is 3.65. The van der Waals surface area contributed by atoms with Gasteiger partial charge in [0.1, 0.15) is 6.10 Å². The summed E-state index contributed by atoms with van der Waals surface area (Å²) >= 11 is 0. The standard InChI is InChI=1S/C20H34FN3O3/c1-5-17(27-19-10-8-7-9-18(19)21)12-24-20(22-6-2)23-11-16(25)14-26-13-15(3)4/h7-10,15-17,25H,5-6,11-14H2,1-4H3,(H2,22,23,24). The summed E-state index contributed by atoms with van der Waals surface area (Å²) < 4.78 is 24.9. The van der Waals surface area contributed by atoms with Gasteiger partial charge in [-0.15, -0.1) is 0 Å². The molecule has 2 atom stereocenters. The molecule has 1 rings (SSSR count). The minimum Gasteiger partial charge on any atom is -0.486 e. The molecule has 0 aliphatic carbocycles. The summed E-state index contributed by atoms with van der Waals surface area (Å²) in [6, 6.07) is 6.37. The Morgan fingerprint density at radius 3 is 2.56 bits per heavy atom. The second-order valence-electron chi connectivity index (χ2n) is 6.76. The van der Waals surface area contributed by atoms with Crippen molar-refractivity contribution in [2.45, 2.75) is 46.3 Å². The molecule has 6 nitrogen and oxygen atoms in total. The van der Waals surface area contributed by atoms with E-state index in [1.165, 1.54) is 6.07 Å². The second kappa shape index (κ2) is 13.3. The van der Waals surface area contributed by atoms with Gasteiger partial charge in [0.15, 0.2) is 17.5 Å². The Kier molecular flexibility index (Phi) is 11.4. The summed E-state index contributed by atoms with van der Waals surface area (Å²) in [5.41, 5.74) is 0. The van der Waals surface area contributed by atoms with Crippen LogP contribution in [0.4, 0.5) is 4.39 Å². The highest BCUT2D eigenvalue weighted by Crippen LogP contribution is 2.17. The van der Waals surface area contributed by atoms with E-state index < -0.39 is 6.10 Å². The third kappa shape index (κ3) is 10.2. The first-order valence-corrected chi connectivity index (χ1v) is 9.65. The molecule has 0 fully saturated rings. The van der Waals surface area contributed by atoms with Crippen molar-refractivity contribution in [2.75, 3.05) is 32.8 Å². The summed E-state index contributed by atoms with van der Waals surface area (Å²) in [5, 5.41) is 16.3. The van der Waals surface area contributed by atoms with Crippen molar-refractivity contribution in [1.82, 2.24) is 10.6 Å². The summed E-state index contributed by atoms with van der Waals surface area (Å²) in [6.07, 6.45) is -0.146. The number of guanidine groups is 1. The number of nitrogens with zero attached hydrogens (tertiary/aromatic N) is 1. The van der Waals surface area contributed by atoms with Crippen LogP contribution in [-0.2, 0) is 4.74 Å². The number of ether oxygens (including phenoxy) is 2.